The van der Waals surface area contributed by atoms with Crippen LogP contribution >= 0.6 is 0 Å². The van der Waals surface area contributed by atoms with Crippen LogP contribution in [0, 0.1) is 25.2 Å². The van der Waals surface area contributed by atoms with Crippen molar-refractivity contribution in [3.8, 4) is 11.9 Å². The minimum absolute atomic E-state index is 0.0697. The van der Waals surface area contributed by atoms with Crippen LogP contribution in [0.25, 0.3) is 5.82 Å². The SMILES string of the molecule is Cc1cc(C)n(-c2ccc(=O)n(C3CCN(c4nc5c(cc4C#N)COCC5)C(F)C3)n2)n1. The van der Waals surface area contributed by atoms with E-state index in [1.54, 1.807) is 16.8 Å². The molecule has 5 rings (SSSR count). The summed E-state index contributed by atoms with van der Waals surface area (Å²) in [6.45, 7) is 5.10. The molecular weight excluding hydrogens is 425 g/mol. The van der Waals surface area contributed by atoms with Crippen LogP contribution in [0.4, 0.5) is 10.2 Å². The average molecular weight is 449 g/mol. The highest BCUT2D eigenvalue weighted by Crippen LogP contribution is 2.33. The van der Waals surface area contributed by atoms with Gasteiger partial charge in [0.25, 0.3) is 5.56 Å². The molecule has 0 saturated carbocycles. The first-order valence-electron chi connectivity index (χ1n) is 11.0. The summed E-state index contributed by atoms with van der Waals surface area (Å²) in [4.78, 5) is 18.7. The Kier molecular flexibility index (Phi) is 5.42. The molecule has 9 nitrogen and oxygen atoms in total. The number of hydrogen-bond acceptors (Lipinski definition) is 7. The maximum atomic E-state index is 15.4. The van der Waals surface area contributed by atoms with Gasteiger partial charge < -0.3 is 9.64 Å². The molecule has 2 aliphatic heterocycles. The number of aryl methyl sites for hydroxylation is 2. The first-order valence-corrected chi connectivity index (χ1v) is 11.0. The van der Waals surface area contributed by atoms with Gasteiger partial charge in [-0.05, 0) is 38.5 Å². The Labute approximate surface area is 190 Å². The Morgan fingerprint density at radius 2 is 2.09 bits per heavy atom. The number of anilines is 1. The molecule has 5 heterocycles. The fourth-order valence-electron chi connectivity index (χ4n) is 4.58. The van der Waals surface area contributed by atoms with E-state index in [1.807, 2.05) is 19.9 Å². The van der Waals surface area contributed by atoms with Gasteiger partial charge in [-0.25, -0.2) is 18.7 Å². The summed E-state index contributed by atoms with van der Waals surface area (Å²) in [6, 6.07) is 8.49. The maximum Gasteiger partial charge on any atom is 0.267 e. The van der Waals surface area contributed by atoms with Crippen molar-refractivity contribution in [3.05, 3.63) is 62.8 Å². The lowest BCUT2D eigenvalue weighted by molar-refractivity contribution is 0.109. The highest BCUT2D eigenvalue weighted by Gasteiger charge is 2.33. The number of rotatable bonds is 3. The Morgan fingerprint density at radius 3 is 2.82 bits per heavy atom. The lowest BCUT2D eigenvalue weighted by Gasteiger charge is -2.36. The summed E-state index contributed by atoms with van der Waals surface area (Å²) in [5, 5.41) is 18.6. The summed E-state index contributed by atoms with van der Waals surface area (Å²) in [5.74, 6) is 0.879. The standard InChI is InChI=1S/C23H24FN7O2/c1-14-9-15(2)30(27-14)21-3-4-22(32)31(28-21)18-5-7-29(20(24)11-18)23-16(12-25)10-17-13-33-8-6-19(17)26-23/h3-4,9-10,18,20H,5-8,11,13H2,1-2H3. The first-order chi connectivity index (χ1) is 15.9. The predicted octanol–water partition coefficient (Wildman–Crippen LogP) is 2.52. The second kappa shape index (κ2) is 8.41. The van der Waals surface area contributed by atoms with Crippen LogP contribution in [0.2, 0.25) is 0 Å². The van der Waals surface area contributed by atoms with E-state index in [9.17, 15) is 10.1 Å². The summed E-state index contributed by atoms with van der Waals surface area (Å²) in [6.07, 6.45) is -0.187. The zero-order chi connectivity index (χ0) is 23.1. The molecule has 0 aliphatic carbocycles. The van der Waals surface area contributed by atoms with Crippen LogP contribution in [-0.2, 0) is 17.8 Å². The van der Waals surface area contributed by atoms with Crippen LogP contribution in [0.3, 0.4) is 0 Å². The van der Waals surface area contributed by atoms with Gasteiger partial charge in [-0.15, -0.1) is 5.10 Å². The number of piperidine rings is 1. The number of ether oxygens (including phenoxy) is 1. The molecule has 2 atom stereocenters. The molecule has 170 valence electrons. The van der Waals surface area contributed by atoms with Crippen molar-refractivity contribution in [1.82, 2.24) is 24.5 Å². The highest BCUT2D eigenvalue weighted by molar-refractivity contribution is 5.57. The lowest BCUT2D eigenvalue weighted by atomic mass is 10.0. The van der Waals surface area contributed by atoms with Gasteiger partial charge >= 0.3 is 0 Å². The molecule has 0 aromatic carbocycles. The Hall–Kier alpha value is -3.58. The van der Waals surface area contributed by atoms with Gasteiger partial charge in [0.2, 0.25) is 0 Å². The Balaban J connectivity index is 1.42. The van der Waals surface area contributed by atoms with Crippen LogP contribution in [0.15, 0.2) is 29.1 Å². The molecule has 2 aliphatic rings. The number of nitriles is 1. The summed E-state index contributed by atoms with van der Waals surface area (Å²) >= 11 is 0. The van der Waals surface area contributed by atoms with Crippen molar-refractivity contribution in [2.75, 3.05) is 18.1 Å². The molecule has 0 spiro atoms. The van der Waals surface area contributed by atoms with E-state index >= 15 is 4.39 Å². The van der Waals surface area contributed by atoms with Crippen LogP contribution in [0.1, 0.15) is 47.1 Å². The third-order valence-corrected chi connectivity index (χ3v) is 6.20. The summed E-state index contributed by atoms with van der Waals surface area (Å²) in [5.41, 5.74) is 3.53. The third-order valence-electron chi connectivity index (χ3n) is 6.20. The van der Waals surface area contributed by atoms with Crippen LogP contribution in [0.5, 0.6) is 0 Å². The van der Waals surface area contributed by atoms with Gasteiger partial charge in [0.1, 0.15) is 11.9 Å². The van der Waals surface area contributed by atoms with E-state index in [2.05, 4.69) is 21.3 Å². The van der Waals surface area contributed by atoms with Crippen molar-refractivity contribution in [3.63, 3.8) is 0 Å². The van der Waals surface area contributed by atoms with Gasteiger partial charge in [0, 0.05) is 36.7 Å². The Morgan fingerprint density at radius 1 is 1.24 bits per heavy atom. The van der Waals surface area contributed by atoms with Gasteiger partial charge in [0.05, 0.1) is 36.2 Å². The number of nitrogens with zero attached hydrogens (tertiary/aromatic N) is 7. The monoisotopic (exact) mass is 449 g/mol. The van der Waals surface area contributed by atoms with Gasteiger partial charge in [-0.3, -0.25) is 4.79 Å². The normalized spacial score (nSPS) is 20.4. The third kappa shape index (κ3) is 3.89. The second-order valence-corrected chi connectivity index (χ2v) is 8.50. The minimum Gasteiger partial charge on any atom is -0.376 e. The van der Waals surface area contributed by atoms with E-state index in [4.69, 9.17) is 4.74 Å². The summed E-state index contributed by atoms with van der Waals surface area (Å²) < 4.78 is 23.9. The Bertz CT molecular complexity index is 1310. The molecule has 2 unspecified atom stereocenters. The topological polar surface area (TPSA) is 102 Å². The summed E-state index contributed by atoms with van der Waals surface area (Å²) in [7, 11) is 0. The van der Waals surface area contributed by atoms with Crippen molar-refractivity contribution >= 4 is 5.82 Å². The molecule has 1 fully saturated rings. The molecule has 0 N–H and O–H groups in total. The van der Waals surface area contributed by atoms with Crippen molar-refractivity contribution in [2.45, 2.75) is 52.1 Å². The van der Waals surface area contributed by atoms with E-state index in [0.717, 1.165) is 22.6 Å². The molecule has 1 saturated heterocycles. The molecule has 3 aromatic rings. The molecule has 33 heavy (non-hydrogen) atoms. The van der Waals surface area contributed by atoms with Gasteiger partial charge in [-0.2, -0.15) is 10.4 Å². The minimum atomic E-state index is -1.40. The zero-order valence-corrected chi connectivity index (χ0v) is 18.5. The number of pyridine rings is 1. The molecular formula is C23H24FN7O2. The van der Waals surface area contributed by atoms with Gasteiger partial charge in [0.15, 0.2) is 12.1 Å². The van der Waals surface area contributed by atoms with Crippen molar-refractivity contribution in [2.24, 2.45) is 0 Å². The maximum absolute atomic E-state index is 15.4. The fourth-order valence-corrected chi connectivity index (χ4v) is 4.58. The average Bonchev–Trinajstić information content (AvgIpc) is 3.16. The largest absolute Gasteiger partial charge is 0.376 e. The number of halogens is 1. The number of hydrogen-bond donors (Lipinski definition) is 0. The zero-order valence-electron chi connectivity index (χ0n) is 18.5. The number of alkyl halides is 1. The van der Waals surface area contributed by atoms with E-state index in [-0.39, 0.29) is 12.0 Å². The van der Waals surface area contributed by atoms with Gasteiger partial charge in [-0.1, -0.05) is 0 Å². The van der Waals surface area contributed by atoms with Crippen LogP contribution < -0.4 is 10.5 Å². The quantitative estimate of drug-likeness (QED) is 0.566. The highest BCUT2D eigenvalue weighted by atomic mass is 19.1. The smallest absolute Gasteiger partial charge is 0.267 e. The van der Waals surface area contributed by atoms with E-state index < -0.39 is 12.3 Å². The van der Waals surface area contributed by atoms with E-state index in [0.29, 0.717) is 49.8 Å². The lowest BCUT2D eigenvalue weighted by Crippen LogP contribution is -2.44. The second-order valence-electron chi connectivity index (χ2n) is 8.50. The number of fused-ring (bicyclic) bond motifs is 1. The molecule has 10 heteroatoms. The van der Waals surface area contributed by atoms with E-state index in [1.165, 1.54) is 15.6 Å². The predicted molar refractivity (Wildman–Crippen MR) is 118 cm³/mol. The molecule has 0 bridgehead atoms. The molecule has 0 radical (unpaired) electrons. The number of aromatic nitrogens is 5. The van der Waals surface area contributed by atoms with Crippen LogP contribution in [-0.4, -0.2) is 44.0 Å². The van der Waals surface area contributed by atoms with Crippen molar-refractivity contribution in [1.29, 1.82) is 5.26 Å². The van der Waals surface area contributed by atoms with Crippen molar-refractivity contribution < 1.29 is 9.13 Å². The molecule has 3 aromatic heterocycles. The first kappa shape index (κ1) is 21.3. The molecule has 0 amide bonds. The fraction of sp³-hybridized carbons (Fsp3) is 0.435.